The van der Waals surface area contributed by atoms with Gasteiger partial charge in [-0.15, -0.1) is 22.7 Å². The second-order valence-corrected chi connectivity index (χ2v) is 5.92. The van der Waals surface area contributed by atoms with Gasteiger partial charge in [-0.2, -0.15) is 0 Å². The van der Waals surface area contributed by atoms with Gasteiger partial charge in [0, 0.05) is 23.5 Å². The van der Waals surface area contributed by atoms with Crippen LogP contribution < -0.4 is 10.6 Å². The molecule has 2 heterocycles. The number of benzene rings is 1. The monoisotopic (exact) mass is 316 g/mol. The standard InChI is InChI=1S/C14H12N4OS2/c19-12(18-13-15-6-7-20-13)11-9-21-14(17-11)16-8-10-4-2-1-3-5-10/h1-7,9H,8H2,(H,16,17)(H,15,18,19). The average Bonchev–Trinajstić information content (AvgIpc) is 3.17. The SMILES string of the molecule is O=C(Nc1nccs1)c1csc(NCc2ccccc2)n1. The highest BCUT2D eigenvalue weighted by Gasteiger charge is 2.11. The number of nitrogens with zero attached hydrogens (tertiary/aromatic N) is 2. The van der Waals surface area contributed by atoms with E-state index in [0.717, 1.165) is 5.13 Å². The Bertz CT molecular complexity index is 710. The van der Waals surface area contributed by atoms with Gasteiger partial charge in [0.15, 0.2) is 10.3 Å². The molecule has 106 valence electrons. The Morgan fingerprint density at radius 3 is 2.76 bits per heavy atom. The highest BCUT2D eigenvalue weighted by atomic mass is 32.1. The van der Waals surface area contributed by atoms with Crippen molar-refractivity contribution in [3.8, 4) is 0 Å². The Morgan fingerprint density at radius 2 is 2.00 bits per heavy atom. The topological polar surface area (TPSA) is 66.9 Å². The molecule has 1 aromatic carbocycles. The molecule has 2 N–H and O–H groups in total. The number of aromatic nitrogens is 2. The zero-order valence-electron chi connectivity index (χ0n) is 10.9. The molecule has 1 amide bonds. The highest BCUT2D eigenvalue weighted by Crippen LogP contribution is 2.18. The van der Waals surface area contributed by atoms with Crippen molar-refractivity contribution >= 4 is 38.8 Å². The number of anilines is 2. The molecule has 0 aliphatic carbocycles. The number of rotatable bonds is 5. The van der Waals surface area contributed by atoms with Crippen molar-refractivity contribution in [2.24, 2.45) is 0 Å². The van der Waals surface area contributed by atoms with Gasteiger partial charge in [0.1, 0.15) is 5.69 Å². The van der Waals surface area contributed by atoms with Crippen LogP contribution in [-0.2, 0) is 6.54 Å². The van der Waals surface area contributed by atoms with Gasteiger partial charge in [0.25, 0.3) is 5.91 Å². The van der Waals surface area contributed by atoms with Crippen LogP contribution in [-0.4, -0.2) is 15.9 Å². The Kier molecular flexibility index (Phi) is 4.23. The molecular weight excluding hydrogens is 304 g/mol. The lowest BCUT2D eigenvalue weighted by atomic mass is 10.2. The zero-order chi connectivity index (χ0) is 14.5. The predicted molar refractivity (Wildman–Crippen MR) is 85.9 cm³/mol. The van der Waals surface area contributed by atoms with Gasteiger partial charge in [0.2, 0.25) is 0 Å². The summed E-state index contributed by atoms with van der Waals surface area (Å²) >= 11 is 2.79. The van der Waals surface area contributed by atoms with Crippen LogP contribution in [0.2, 0.25) is 0 Å². The predicted octanol–water partition coefficient (Wildman–Crippen LogP) is 3.46. The number of amides is 1. The number of carbonyl (C=O) groups excluding carboxylic acids is 1. The molecule has 2 aromatic heterocycles. The van der Waals surface area contributed by atoms with Crippen LogP contribution in [0.15, 0.2) is 47.3 Å². The summed E-state index contributed by atoms with van der Waals surface area (Å²) in [6, 6.07) is 10.0. The van der Waals surface area contributed by atoms with Crippen LogP contribution in [0, 0.1) is 0 Å². The average molecular weight is 316 g/mol. The Hall–Kier alpha value is -2.25. The molecule has 0 radical (unpaired) electrons. The van der Waals surface area contributed by atoms with Crippen LogP contribution in [0.5, 0.6) is 0 Å². The lowest BCUT2D eigenvalue weighted by molar-refractivity contribution is 0.102. The van der Waals surface area contributed by atoms with Gasteiger partial charge in [-0.1, -0.05) is 30.3 Å². The summed E-state index contributed by atoms with van der Waals surface area (Å²) in [5, 5.41) is 10.8. The van der Waals surface area contributed by atoms with Crippen LogP contribution in [0.1, 0.15) is 16.1 Å². The van der Waals surface area contributed by atoms with Crippen LogP contribution in [0.3, 0.4) is 0 Å². The number of nitrogens with one attached hydrogen (secondary N) is 2. The summed E-state index contributed by atoms with van der Waals surface area (Å²) in [6.07, 6.45) is 1.65. The fourth-order valence-electron chi connectivity index (χ4n) is 1.68. The normalized spacial score (nSPS) is 10.3. The van der Waals surface area contributed by atoms with Gasteiger partial charge < -0.3 is 5.32 Å². The van der Waals surface area contributed by atoms with Crippen molar-refractivity contribution in [2.75, 3.05) is 10.6 Å². The molecule has 7 heteroatoms. The first-order valence-corrected chi connectivity index (χ1v) is 8.01. The van der Waals surface area contributed by atoms with E-state index < -0.39 is 0 Å². The van der Waals surface area contributed by atoms with Gasteiger partial charge in [-0.05, 0) is 5.56 Å². The molecule has 3 rings (SSSR count). The summed E-state index contributed by atoms with van der Waals surface area (Å²) in [6.45, 7) is 0.682. The summed E-state index contributed by atoms with van der Waals surface area (Å²) in [5.41, 5.74) is 1.56. The summed E-state index contributed by atoms with van der Waals surface area (Å²) in [4.78, 5) is 20.3. The second-order valence-electron chi connectivity index (χ2n) is 4.17. The minimum Gasteiger partial charge on any atom is -0.357 e. The first kappa shape index (κ1) is 13.7. The quantitative estimate of drug-likeness (QED) is 0.756. The smallest absolute Gasteiger partial charge is 0.276 e. The van der Waals surface area contributed by atoms with Gasteiger partial charge in [0.05, 0.1) is 0 Å². The van der Waals surface area contributed by atoms with Gasteiger partial charge in [-0.3, -0.25) is 10.1 Å². The summed E-state index contributed by atoms with van der Waals surface area (Å²) in [7, 11) is 0. The van der Waals surface area contributed by atoms with Crippen LogP contribution in [0.4, 0.5) is 10.3 Å². The molecule has 3 aromatic rings. The maximum Gasteiger partial charge on any atom is 0.276 e. The Morgan fingerprint density at radius 1 is 1.14 bits per heavy atom. The molecule has 0 fully saturated rings. The van der Waals surface area contributed by atoms with E-state index in [1.807, 2.05) is 35.7 Å². The van der Waals surface area contributed by atoms with E-state index in [0.29, 0.717) is 17.4 Å². The fourth-order valence-corrected chi connectivity index (χ4v) is 2.89. The molecule has 0 atom stereocenters. The van der Waals surface area contributed by atoms with Crippen molar-refractivity contribution in [1.29, 1.82) is 0 Å². The molecule has 0 unspecified atom stereocenters. The van der Waals surface area contributed by atoms with Gasteiger partial charge >= 0.3 is 0 Å². The van der Waals surface area contributed by atoms with Crippen LogP contribution >= 0.6 is 22.7 Å². The molecule has 0 aliphatic rings. The maximum absolute atomic E-state index is 12.0. The number of thiazole rings is 2. The molecule has 0 aliphatic heterocycles. The van der Waals surface area contributed by atoms with E-state index in [9.17, 15) is 4.79 Å². The summed E-state index contributed by atoms with van der Waals surface area (Å²) < 4.78 is 0. The first-order chi connectivity index (χ1) is 10.3. The minimum absolute atomic E-state index is 0.242. The molecule has 5 nitrogen and oxygen atoms in total. The number of hydrogen-bond donors (Lipinski definition) is 2. The Labute approximate surface area is 129 Å². The third kappa shape index (κ3) is 3.65. The first-order valence-electron chi connectivity index (χ1n) is 6.25. The third-order valence-corrected chi connectivity index (χ3v) is 4.16. The van der Waals surface area contributed by atoms with E-state index in [1.165, 1.54) is 28.2 Å². The largest absolute Gasteiger partial charge is 0.357 e. The molecule has 0 saturated carbocycles. The zero-order valence-corrected chi connectivity index (χ0v) is 12.6. The summed E-state index contributed by atoms with van der Waals surface area (Å²) in [5.74, 6) is -0.242. The van der Waals surface area contributed by atoms with E-state index in [1.54, 1.807) is 11.6 Å². The second kappa shape index (κ2) is 6.47. The number of carbonyl (C=O) groups is 1. The Balaban J connectivity index is 1.59. The van der Waals surface area contributed by atoms with E-state index >= 15 is 0 Å². The highest BCUT2D eigenvalue weighted by molar-refractivity contribution is 7.14. The van der Waals surface area contributed by atoms with Crippen molar-refractivity contribution in [3.05, 3.63) is 58.5 Å². The molecule has 0 saturated heterocycles. The van der Waals surface area contributed by atoms with Crippen LogP contribution in [0.25, 0.3) is 0 Å². The van der Waals surface area contributed by atoms with Crippen molar-refractivity contribution in [3.63, 3.8) is 0 Å². The van der Waals surface area contributed by atoms with E-state index in [4.69, 9.17) is 0 Å². The molecule has 0 bridgehead atoms. The van der Waals surface area contributed by atoms with Gasteiger partial charge in [-0.25, -0.2) is 9.97 Å². The minimum atomic E-state index is -0.242. The third-order valence-electron chi connectivity index (χ3n) is 2.68. The fraction of sp³-hybridized carbons (Fsp3) is 0.0714. The van der Waals surface area contributed by atoms with E-state index in [2.05, 4.69) is 20.6 Å². The van der Waals surface area contributed by atoms with E-state index in [-0.39, 0.29) is 5.91 Å². The van der Waals surface area contributed by atoms with Crippen molar-refractivity contribution in [1.82, 2.24) is 9.97 Å². The maximum atomic E-state index is 12.0. The molecular formula is C14H12N4OS2. The van der Waals surface area contributed by atoms with Crippen molar-refractivity contribution < 1.29 is 4.79 Å². The molecule has 0 spiro atoms. The lowest BCUT2D eigenvalue weighted by Gasteiger charge is -2.02. The number of hydrogen-bond acceptors (Lipinski definition) is 6. The molecule has 21 heavy (non-hydrogen) atoms. The lowest BCUT2D eigenvalue weighted by Crippen LogP contribution is -2.12. The van der Waals surface area contributed by atoms with Crippen molar-refractivity contribution in [2.45, 2.75) is 6.54 Å².